The average Bonchev–Trinajstić information content (AvgIpc) is 2.59. The van der Waals surface area contributed by atoms with Gasteiger partial charge in [0.15, 0.2) is 0 Å². The molecule has 0 bridgehead atoms. The van der Waals surface area contributed by atoms with E-state index >= 15 is 0 Å². The summed E-state index contributed by atoms with van der Waals surface area (Å²) in [4.78, 5) is 15.9. The highest BCUT2D eigenvalue weighted by atomic mass is 32.2. The van der Waals surface area contributed by atoms with Crippen molar-refractivity contribution < 1.29 is 27.4 Å². The first-order valence-corrected chi connectivity index (χ1v) is 9.51. The van der Waals surface area contributed by atoms with Crippen LogP contribution in [-0.2, 0) is 15.7 Å². The fraction of sp³-hybridized carbons (Fsp3) is 0.278. The third kappa shape index (κ3) is 5.26. The van der Waals surface area contributed by atoms with Gasteiger partial charge in [0, 0.05) is 49.2 Å². The minimum Gasteiger partial charge on any atom is -0.449 e. The van der Waals surface area contributed by atoms with Crippen LogP contribution in [0.5, 0.6) is 5.75 Å². The highest BCUT2D eigenvalue weighted by Crippen LogP contribution is 2.34. The van der Waals surface area contributed by atoms with E-state index in [9.17, 15) is 17.6 Å². The number of ether oxygens (including phenoxy) is 1. The lowest BCUT2D eigenvalue weighted by Crippen LogP contribution is -2.11. The first-order valence-electron chi connectivity index (χ1n) is 8.06. The van der Waals surface area contributed by atoms with Crippen molar-refractivity contribution in [3.05, 3.63) is 42.2 Å². The molecule has 0 atom stereocenters. The summed E-state index contributed by atoms with van der Waals surface area (Å²) >= 11 is 0. The van der Waals surface area contributed by atoms with Gasteiger partial charge in [0.2, 0.25) is 0 Å². The molecule has 1 N–H and O–H groups in total. The molecule has 2 rings (SSSR count). The topological polar surface area (TPSA) is 109 Å². The molecule has 0 saturated heterocycles. The Labute approximate surface area is 162 Å². The van der Waals surface area contributed by atoms with Crippen LogP contribution in [0.15, 0.2) is 46.0 Å². The molecule has 28 heavy (non-hydrogen) atoms. The predicted octanol–water partition coefficient (Wildman–Crippen LogP) is 3.29. The zero-order chi connectivity index (χ0) is 21.1. The number of carbonyl (C=O) groups is 1. The van der Waals surface area contributed by atoms with Crippen molar-refractivity contribution in [2.75, 3.05) is 14.1 Å². The van der Waals surface area contributed by atoms with Gasteiger partial charge in [-0.15, -0.1) is 4.40 Å². The lowest BCUT2D eigenvalue weighted by Gasteiger charge is -2.16. The van der Waals surface area contributed by atoms with E-state index in [-0.39, 0.29) is 21.8 Å². The van der Waals surface area contributed by atoms with Gasteiger partial charge in [0.25, 0.3) is 10.0 Å². The molecule has 0 aliphatic carbocycles. The van der Waals surface area contributed by atoms with Crippen molar-refractivity contribution >= 4 is 22.5 Å². The van der Waals surface area contributed by atoms with Gasteiger partial charge in [-0.2, -0.15) is 8.42 Å². The van der Waals surface area contributed by atoms with E-state index in [0.717, 1.165) is 12.4 Å². The fourth-order valence-corrected chi connectivity index (χ4v) is 3.40. The monoisotopic (exact) mass is 409 g/mol. The lowest BCUT2D eigenvalue weighted by atomic mass is 9.98. The molecule has 8 nitrogen and oxygen atoms in total. The molecule has 1 heterocycles. The summed E-state index contributed by atoms with van der Waals surface area (Å²) < 4.78 is 47.9. The molecular weight excluding hydrogens is 389 g/mol. The zero-order valence-electron chi connectivity index (χ0n) is 15.7. The van der Waals surface area contributed by atoms with Gasteiger partial charge >= 0.3 is 6.16 Å². The van der Waals surface area contributed by atoms with E-state index in [4.69, 9.17) is 5.11 Å². The van der Waals surface area contributed by atoms with Crippen LogP contribution in [-0.4, -0.2) is 50.0 Å². The first kappa shape index (κ1) is 21.3. The van der Waals surface area contributed by atoms with Gasteiger partial charge in [-0.05, 0) is 32.0 Å². The molecule has 10 heteroatoms. The number of halogens is 1. The van der Waals surface area contributed by atoms with Crippen molar-refractivity contribution in [1.29, 1.82) is 0 Å². The molecule has 0 spiro atoms. The van der Waals surface area contributed by atoms with Gasteiger partial charge in [0.05, 0.1) is 0 Å². The van der Waals surface area contributed by atoms with Gasteiger partial charge < -0.3 is 14.7 Å². The number of carboxylic acid groups (broad SMARTS) is 1. The Hall–Kier alpha value is -3.01. The van der Waals surface area contributed by atoms with Gasteiger partial charge in [0.1, 0.15) is 22.7 Å². The molecule has 150 valence electrons. The van der Waals surface area contributed by atoms with Crippen molar-refractivity contribution in [2.45, 2.75) is 24.4 Å². The predicted molar refractivity (Wildman–Crippen MR) is 102 cm³/mol. The quantitative estimate of drug-likeness (QED) is 0.337. The second-order valence-electron chi connectivity index (χ2n) is 6.62. The summed E-state index contributed by atoms with van der Waals surface area (Å²) in [6, 6.07) is 5.20. The molecule has 1 aromatic heterocycles. The minimum absolute atomic E-state index is 0.187. The van der Waals surface area contributed by atoms with Crippen LogP contribution in [0.3, 0.4) is 0 Å². The number of benzene rings is 1. The Kier molecular flexibility index (Phi) is 6.03. The number of sulfonamides is 1. The van der Waals surface area contributed by atoms with Gasteiger partial charge in [-0.3, -0.25) is 4.98 Å². The summed E-state index contributed by atoms with van der Waals surface area (Å²) in [5.41, 5.74) is -0.899. The summed E-state index contributed by atoms with van der Waals surface area (Å²) in [6.07, 6.45) is 2.25. The Bertz CT molecular complexity index is 1010. The molecule has 0 radical (unpaired) electrons. The van der Waals surface area contributed by atoms with Crippen LogP contribution in [0.4, 0.5) is 9.18 Å². The largest absolute Gasteiger partial charge is 0.511 e. The average molecular weight is 409 g/mol. The normalized spacial score (nSPS) is 12.2. The molecular formula is C18H20FN3O5S. The summed E-state index contributed by atoms with van der Waals surface area (Å²) in [5.74, 6) is -0.190. The second-order valence-corrected chi connectivity index (χ2v) is 8.22. The SMILES string of the molecule is CN(C)C=NS(=O)(=O)c1cc(OC(=O)O)ccc1-c1cncc(C(C)(C)F)c1. The highest BCUT2D eigenvalue weighted by Gasteiger charge is 2.23. The van der Waals surface area contributed by atoms with Crippen molar-refractivity contribution in [3.63, 3.8) is 0 Å². The number of nitrogens with zero attached hydrogens (tertiary/aromatic N) is 3. The maximum atomic E-state index is 14.3. The number of pyridine rings is 1. The molecule has 2 aromatic rings. The fourth-order valence-electron chi connectivity index (χ4n) is 2.24. The van der Waals surface area contributed by atoms with Crippen LogP contribution < -0.4 is 4.74 Å². The lowest BCUT2D eigenvalue weighted by molar-refractivity contribution is 0.144. The van der Waals surface area contributed by atoms with E-state index in [1.165, 1.54) is 49.3 Å². The van der Waals surface area contributed by atoms with E-state index in [1.54, 1.807) is 14.1 Å². The number of alkyl halides is 1. The first-order chi connectivity index (χ1) is 12.9. The van der Waals surface area contributed by atoms with Crippen LogP contribution >= 0.6 is 0 Å². The molecule has 0 fully saturated rings. The molecule has 0 amide bonds. The molecule has 1 aromatic carbocycles. The molecule has 0 saturated carbocycles. The summed E-state index contributed by atoms with van der Waals surface area (Å²) in [7, 11) is -1.01. The third-order valence-electron chi connectivity index (χ3n) is 3.59. The maximum absolute atomic E-state index is 14.3. The van der Waals surface area contributed by atoms with Crippen molar-refractivity contribution in [1.82, 2.24) is 9.88 Å². The van der Waals surface area contributed by atoms with Gasteiger partial charge in [-0.25, -0.2) is 9.18 Å². The number of aromatic nitrogens is 1. The second kappa shape index (κ2) is 7.93. The Balaban J connectivity index is 2.69. The zero-order valence-corrected chi connectivity index (χ0v) is 16.6. The van der Waals surface area contributed by atoms with Crippen molar-refractivity contribution in [3.8, 4) is 16.9 Å². The van der Waals surface area contributed by atoms with E-state index in [1.807, 2.05) is 0 Å². The van der Waals surface area contributed by atoms with Crippen LogP contribution in [0.2, 0.25) is 0 Å². The Morgan fingerprint density at radius 1 is 1.29 bits per heavy atom. The smallest absolute Gasteiger partial charge is 0.449 e. The summed E-state index contributed by atoms with van der Waals surface area (Å²) in [6.45, 7) is 2.72. The summed E-state index contributed by atoms with van der Waals surface area (Å²) in [5, 5.41) is 8.79. The van der Waals surface area contributed by atoms with Crippen LogP contribution in [0, 0.1) is 0 Å². The van der Waals surface area contributed by atoms with Gasteiger partial charge in [-0.1, -0.05) is 0 Å². The van der Waals surface area contributed by atoms with E-state index in [0.29, 0.717) is 5.56 Å². The molecule has 0 aliphatic heterocycles. The highest BCUT2D eigenvalue weighted by molar-refractivity contribution is 7.90. The number of hydrogen-bond acceptors (Lipinski definition) is 5. The standard InChI is InChI=1S/C18H20FN3O5S/c1-18(2,19)13-7-12(9-20-10-13)15-6-5-14(27-17(23)24)8-16(15)28(25,26)21-11-22(3)4/h5-11H,1-4H3,(H,23,24). The van der Waals surface area contributed by atoms with E-state index < -0.39 is 21.8 Å². The molecule has 0 aliphatic rings. The minimum atomic E-state index is -4.21. The maximum Gasteiger partial charge on any atom is 0.511 e. The molecule has 0 unspecified atom stereocenters. The Morgan fingerprint density at radius 3 is 2.54 bits per heavy atom. The van der Waals surface area contributed by atoms with Crippen LogP contribution in [0.25, 0.3) is 11.1 Å². The number of rotatable bonds is 6. The van der Waals surface area contributed by atoms with Crippen LogP contribution in [0.1, 0.15) is 19.4 Å². The van der Waals surface area contributed by atoms with E-state index in [2.05, 4.69) is 14.1 Å². The van der Waals surface area contributed by atoms with Crippen molar-refractivity contribution in [2.24, 2.45) is 4.40 Å². The number of hydrogen-bond donors (Lipinski definition) is 1. The Morgan fingerprint density at radius 2 is 1.96 bits per heavy atom. The third-order valence-corrected chi connectivity index (χ3v) is 4.85.